The Morgan fingerprint density at radius 2 is 2.06 bits per heavy atom. The lowest BCUT2D eigenvalue weighted by Gasteiger charge is -2.22. The zero-order valence-electron chi connectivity index (χ0n) is 11.4. The largest absolute Gasteiger partial charge is 0.478 e. The molecule has 0 aliphatic heterocycles. The molecular weight excluding hydrogens is 228 g/mol. The molecule has 1 aromatic heterocycles. The molecule has 0 fully saturated rings. The molecule has 18 heavy (non-hydrogen) atoms. The summed E-state index contributed by atoms with van der Waals surface area (Å²) >= 11 is 0. The van der Waals surface area contributed by atoms with Gasteiger partial charge in [-0.25, -0.2) is 9.97 Å². The Hall–Kier alpha value is -1.36. The molecule has 102 valence electrons. The Balaban J connectivity index is 2.70. The highest BCUT2D eigenvalue weighted by Gasteiger charge is 2.08. The van der Waals surface area contributed by atoms with Crippen LogP contribution in [-0.2, 0) is 0 Å². The standard InChI is InChI=1S/C13H24N4O/c1-3-5-7-17(8-6-14)12-10-13(16-11-15-12)18-9-4-2/h10-11H,3-9,14H2,1-2H3. The van der Waals surface area contributed by atoms with E-state index in [2.05, 4.69) is 28.7 Å². The van der Waals surface area contributed by atoms with E-state index >= 15 is 0 Å². The highest BCUT2D eigenvalue weighted by molar-refractivity contribution is 5.40. The zero-order chi connectivity index (χ0) is 13.2. The molecule has 1 heterocycles. The number of nitrogens with two attached hydrogens (primary N) is 1. The number of hydrogen-bond acceptors (Lipinski definition) is 5. The number of anilines is 1. The van der Waals surface area contributed by atoms with Gasteiger partial charge in [-0.2, -0.15) is 0 Å². The Morgan fingerprint density at radius 3 is 2.72 bits per heavy atom. The van der Waals surface area contributed by atoms with Crippen molar-refractivity contribution in [3.63, 3.8) is 0 Å². The maximum atomic E-state index is 5.64. The van der Waals surface area contributed by atoms with Gasteiger partial charge in [-0.15, -0.1) is 0 Å². The molecule has 0 aromatic carbocycles. The molecule has 5 heteroatoms. The maximum absolute atomic E-state index is 5.64. The Morgan fingerprint density at radius 1 is 1.22 bits per heavy atom. The first-order valence-corrected chi connectivity index (χ1v) is 6.71. The van der Waals surface area contributed by atoms with Crippen molar-refractivity contribution >= 4 is 5.82 Å². The molecule has 0 amide bonds. The van der Waals surface area contributed by atoms with Gasteiger partial charge in [0.2, 0.25) is 5.88 Å². The molecule has 0 radical (unpaired) electrons. The van der Waals surface area contributed by atoms with Gasteiger partial charge in [-0.1, -0.05) is 20.3 Å². The first-order valence-electron chi connectivity index (χ1n) is 6.71. The zero-order valence-corrected chi connectivity index (χ0v) is 11.4. The number of rotatable bonds is 9. The third-order valence-corrected chi connectivity index (χ3v) is 2.59. The molecule has 5 nitrogen and oxygen atoms in total. The molecule has 0 aliphatic carbocycles. The van der Waals surface area contributed by atoms with Gasteiger partial charge in [0.15, 0.2) is 0 Å². The summed E-state index contributed by atoms with van der Waals surface area (Å²) in [6.45, 7) is 7.34. The molecule has 2 N–H and O–H groups in total. The van der Waals surface area contributed by atoms with Crippen molar-refractivity contribution in [2.75, 3.05) is 31.1 Å². The van der Waals surface area contributed by atoms with Gasteiger partial charge < -0.3 is 15.4 Å². The second-order valence-corrected chi connectivity index (χ2v) is 4.19. The van der Waals surface area contributed by atoms with Crippen LogP contribution in [0.4, 0.5) is 5.82 Å². The van der Waals surface area contributed by atoms with E-state index < -0.39 is 0 Å². The third-order valence-electron chi connectivity index (χ3n) is 2.59. The molecule has 0 unspecified atom stereocenters. The minimum Gasteiger partial charge on any atom is -0.478 e. The Kier molecular flexibility index (Phi) is 7.10. The van der Waals surface area contributed by atoms with Gasteiger partial charge in [0.1, 0.15) is 12.1 Å². The van der Waals surface area contributed by atoms with Crippen molar-refractivity contribution in [1.82, 2.24) is 9.97 Å². The predicted molar refractivity (Wildman–Crippen MR) is 74.0 cm³/mol. The molecule has 0 bridgehead atoms. The van der Waals surface area contributed by atoms with Crippen LogP contribution < -0.4 is 15.4 Å². The van der Waals surface area contributed by atoms with E-state index in [-0.39, 0.29) is 0 Å². The molecular formula is C13H24N4O. The normalized spacial score (nSPS) is 10.4. The summed E-state index contributed by atoms with van der Waals surface area (Å²) in [6, 6.07) is 1.89. The number of ether oxygens (including phenoxy) is 1. The summed E-state index contributed by atoms with van der Waals surface area (Å²) < 4.78 is 5.52. The second kappa shape index (κ2) is 8.69. The van der Waals surface area contributed by atoms with Gasteiger partial charge in [0.25, 0.3) is 0 Å². The lowest BCUT2D eigenvalue weighted by molar-refractivity contribution is 0.304. The van der Waals surface area contributed by atoms with Gasteiger partial charge in [-0.3, -0.25) is 0 Å². The monoisotopic (exact) mass is 252 g/mol. The van der Waals surface area contributed by atoms with Gasteiger partial charge >= 0.3 is 0 Å². The molecule has 1 rings (SSSR count). The number of hydrogen-bond donors (Lipinski definition) is 1. The fourth-order valence-corrected chi connectivity index (χ4v) is 1.63. The van der Waals surface area contributed by atoms with Gasteiger partial charge in [0, 0.05) is 25.7 Å². The van der Waals surface area contributed by atoms with E-state index in [0.717, 1.165) is 38.2 Å². The smallest absolute Gasteiger partial charge is 0.218 e. The van der Waals surface area contributed by atoms with Crippen molar-refractivity contribution in [3.05, 3.63) is 12.4 Å². The van der Waals surface area contributed by atoms with E-state index in [1.165, 1.54) is 0 Å². The summed E-state index contributed by atoms with van der Waals surface area (Å²) in [5.41, 5.74) is 5.64. The lowest BCUT2D eigenvalue weighted by Crippen LogP contribution is -2.31. The number of nitrogens with zero attached hydrogens (tertiary/aromatic N) is 3. The molecule has 0 spiro atoms. The van der Waals surface area contributed by atoms with Crippen LogP contribution in [0.1, 0.15) is 33.1 Å². The summed E-state index contributed by atoms with van der Waals surface area (Å²) in [7, 11) is 0. The first-order chi connectivity index (χ1) is 8.81. The molecule has 0 aliphatic rings. The predicted octanol–water partition coefficient (Wildman–Crippen LogP) is 1.83. The summed E-state index contributed by atoms with van der Waals surface area (Å²) in [6.07, 6.45) is 4.82. The summed E-state index contributed by atoms with van der Waals surface area (Å²) in [5, 5.41) is 0. The van der Waals surface area contributed by atoms with E-state index in [4.69, 9.17) is 10.5 Å². The van der Waals surface area contributed by atoms with Crippen LogP contribution in [0.25, 0.3) is 0 Å². The minimum atomic E-state index is 0.624. The molecule has 1 aromatic rings. The fourth-order valence-electron chi connectivity index (χ4n) is 1.63. The van der Waals surface area contributed by atoms with Crippen LogP contribution in [0.2, 0.25) is 0 Å². The van der Waals surface area contributed by atoms with E-state index in [1.807, 2.05) is 6.07 Å². The van der Waals surface area contributed by atoms with Crippen LogP contribution in [0.5, 0.6) is 5.88 Å². The van der Waals surface area contributed by atoms with Crippen LogP contribution in [0.3, 0.4) is 0 Å². The van der Waals surface area contributed by atoms with Crippen molar-refractivity contribution in [3.8, 4) is 5.88 Å². The first kappa shape index (κ1) is 14.7. The molecule has 0 saturated carbocycles. The van der Waals surface area contributed by atoms with Gasteiger partial charge in [-0.05, 0) is 12.8 Å². The Labute approximate surface area is 109 Å². The quantitative estimate of drug-likeness (QED) is 0.726. The number of unbranched alkanes of at least 4 members (excludes halogenated alkanes) is 1. The number of aromatic nitrogens is 2. The second-order valence-electron chi connectivity index (χ2n) is 4.19. The fraction of sp³-hybridized carbons (Fsp3) is 0.692. The molecule has 0 saturated heterocycles. The van der Waals surface area contributed by atoms with Crippen LogP contribution >= 0.6 is 0 Å². The minimum absolute atomic E-state index is 0.624. The lowest BCUT2D eigenvalue weighted by atomic mass is 10.3. The van der Waals surface area contributed by atoms with Crippen molar-refractivity contribution < 1.29 is 4.74 Å². The highest BCUT2D eigenvalue weighted by Crippen LogP contribution is 2.16. The SMILES string of the molecule is CCCCN(CCN)c1cc(OCCC)ncn1. The van der Waals surface area contributed by atoms with E-state index in [9.17, 15) is 0 Å². The third kappa shape index (κ3) is 4.87. The van der Waals surface area contributed by atoms with Gasteiger partial charge in [0.05, 0.1) is 6.61 Å². The van der Waals surface area contributed by atoms with E-state index in [0.29, 0.717) is 19.0 Å². The average Bonchev–Trinajstić information content (AvgIpc) is 2.41. The van der Waals surface area contributed by atoms with E-state index in [1.54, 1.807) is 6.33 Å². The average molecular weight is 252 g/mol. The summed E-state index contributed by atoms with van der Waals surface area (Å²) in [5.74, 6) is 1.54. The highest BCUT2D eigenvalue weighted by atomic mass is 16.5. The van der Waals surface area contributed by atoms with Crippen LogP contribution in [-0.4, -0.2) is 36.2 Å². The van der Waals surface area contributed by atoms with Crippen LogP contribution in [0, 0.1) is 0 Å². The summed E-state index contributed by atoms with van der Waals surface area (Å²) in [4.78, 5) is 10.6. The van der Waals surface area contributed by atoms with Crippen molar-refractivity contribution in [1.29, 1.82) is 0 Å². The maximum Gasteiger partial charge on any atom is 0.218 e. The molecule has 0 atom stereocenters. The van der Waals surface area contributed by atoms with Crippen molar-refractivity contribution in [2.45, 2.75) is 33.1 Å². The van der Waals surface area contributed by atoms with Crippen molar-refractivity contribution in [2.24, 2.45) is 5.73 Å². The van der Waals surface area contributed by atoms with Crippen LogP contribution in [0.15, 0.2) is 12.4 Å². The Bertz CT molecular complexity index is 333. The topological polar surface area (TPSA) is 64.3 Å².